The molecule has 0 heterocycles. The van der Waals surface area contributed by atoms with Crippen LogP contribution < -0.4 is 16.4 Å². The fraction of sp³-hybridized carbons (Fsp3) is 0.889. The van der Waals surface area contributed by atoms with Crippen LogP contribution in [-0.2, 0) is 0 Å². The van der Waals surface area contributed by atoms with Gasteiger partial charge >= 0.3 is 6.03 Å². The Hall–Kier alpha value is -0.770. The van der Waals surface area contributed by atoms with Crippen LogP contribution in [0.4, 0.5) is 4.79 Å². The SMILES string of the molecule is CNC(=O)NCC(C)(C)CCCN. The van der Waals surface area contributed by atoms with Crippen LogP contribution >= 0.6 is 0 Å². The molecule has 0 aromatic heterocycles. The van der Waals surface area contributed by atoms with E-state index >= 15 is 0 Å². The highest BCUT2D eigenvalue weighted by molar-refractivity contribution is 5.73. The van der Waals surface area contributed by atoms with Crippen LogP contribution in [0.15, 0.2) is 0 Å². The van der Waals surface area contributed by atoms with E-state index in [4.69, 9.17) is 5.73 Å². The Balaban J connectivity index is 3.67. The molecule has 13 heavy (non-hydrogen) atoms. The number of carbonyl (C=O) groups is 1. The second kappa shape index (κ2) is 5.80. The van der Waals surface area contributed by atoms with E-state index in [-0.39, 0.29) is 11.4 Å². The lowest BCUT2D eigenvalue weighted by molar-refractivity contribution is 0.233. The van der Waals surface area contributed by atoms with Crippen molar-refractivity contribution in [3.63, 3.8) is 0 Å². The molecule has 0 radical (unpaired) electrons. The largest absolute Gasteiger partial charge is 0.341 e. The minimum absolute atomic E-state index is 0.124. The van der Waals surface area contributed by atoms with Gasteiger partial charge in [-0.3, -0.25) is 0 Å². The number of hydrogen-bond donors (Lipinski definition) is 3. The smallest absolute Gasteiger partial charge is 0.314 e. The predicted octanol–water partition coefficient (Wildman–Crippen LogP) is 0.680. The van der Waals surface area contributed by atoms with Gasteiger partial charge in [-0.15, -0.1) is 0 Å². The van der Waals surface area contributed by atoms with Gasteiger partial charge in [-0.05, 0) is 24.8 Å². The highest BCUT2D eigenvalue weighted by Gasteiger charge is 2.17. The summed E-state index contributed by atoms with van der Waals surface area (Å²) < 4.78 is 0. The van der Waals surface area contributed by atoms with Crippen LogP contribution in [-0.4, -0.2) is 26.2 Å². The van der Waals surface area contributed by atoms with Crippen LogP contribution in [0.25, 0.3) is 0 Å². The van der Waals surface area contributed by atoms with Crippen molar-refractivity contribution in [2.75, 3.05) is 20.1 Å². The molecule has 0 bridgehead atoms. The van der Waals surface area contributed by atoms with Gasteiger partial charge in [-0.2, -0.15) is 0 Å². The Morgan fingerprint density at radius 3 is 2.54 bits per heavy atom. The minimum atomic E-state index is -0.124. The fourth-order valence-electron chi connectivity index (χ4n) is 1.08. The van der Waals surface area contributed by atoms with Crippen LogP contribution in [0.2, 0.25) is 0 Å². The van der Waals surface area contributed by atoms with Crippen molar-refractivity contribution >= 4 is 6.03 Å². The number of nitrogens with two attached hydrogens (primary N) is 1. The summed E-state index contributed by atoms with van der Waals surface area (Å²) in [5.74, 6) is 0. The topological polar surface area (TPSA) is 67.2 Å². The zero-order chi connectivity index (χ0) is 10.3. The van der Waals surface area contributed by atoms with E-state index < -0.39 is 0 Å². The summed E-state index contributed by atoms with van der Waals surface area (Å²) in [4.78, 5) is 10.9. The number of carbonyl (C=O) groups excluding carboxylic acids is 1. The van der Waals surface area contributed by atoms with Gasteiger partial charge in [0.25, 0.3) is 0 Å². The summed E-state index contributed by atoms with van der Waals surface area (Å²) in [6, 6.07) is -0.124. The van der Waals surface area contributed by atoms with Gasteiger partial charge in [0.15, 0.2) is 0 Å². The quantitative estimate of drug-likeness (QED) is 0.592. The molecule has 0 aliphatic heterocycles. The van der Waals surface area contributed by atoms with E-state index in [1.807, 2.05) is 0 Å². The van der Waals surface area contributed by atoms with Crippen molar-refractivity contribution in [1.82, 2.24) is 10.6 Å². The normalized spacial score (nSPS) is 11.1. The van der Waals surface area contributed by atoms with Gasteiger partial charge in [0.1, 0.15) is 0 Å². The maximum absolute atomic E-state index is 10.9. The third-order valence-corrected chi connectivity index (χ3v) is 2.01. The lowest BCUT2D eigenvalue weighted by atomic mass is 9.88. The van der Waals surface area contributed by atoms with Crippen LogP contribution in [0.3, 0.4) is 0 Å². The Labute approximate surface area is 80.3 Å². The number of hydrogen-bond acceptors (Lipinski definition) is 2. The highest BCUT2D eigenvalue weighted by Crippen LogP contribution is 2.20. The molecule has 0 spiro atoms. The lowest BCUT2D eigenvalue weighted by Crippen LogP contribution is -2.39. The van der Waals surface area contributed by atoms with E-state index in [2.05, 4.69) is 24.5 Å². The molecule has 0 atom stereocenters. The number of amides is 2. The summed E-state index contributed by atoms with van der Waals surface area (Å²) in [5, 5.41) is 5.31. The lowest BCUT2D eigenvalue weighted by Gasteiger charge is -2.24. The van der Waals surface area contributed by atoms with Crippen molar-refractivity contribution in [2.24, 2.45) is 11.1 Å². The molecule has 0 unspecified atom stereocenters. The first-order valence-electron chi connectivity index (χ1n) is 4.67. The Bertz CT molecular complexity index is 157. The van der Waals surface area contributed by atoms with Gasteiger partial charge in [-0.25, -0.2) is 4.79 Å². The molecule has 0 fully saturated rings. The van der Waals surface area contributed by atoms with Gasteiger partial charge in [0.2, 0.25) is 0 Å². The number of urea groups is 1. The molecule has 0 rings (SSSR count). The molecule has 0 aliphatic rings. The van der Waals surface area contributed by atoms with Crippen LogP contribution in [0.1, 0.15) is 26.7 Å². The van der Waals surface area contributed by atoms with Gasteiger partial charge < -0.3 is 16.4 Å². The van der Waals surface area contributed by atoms with Gasteiger partial charge in [-0.1, -0.05) is 13.8 Å². The first-order chi connectivity index (χ1) is 6.02. The molecule has 0 saturated heterocycles. The number of nitrogens with one attached hydrogen (secondary N) is 2. The Morgan fingerprint density at radius 1 is 1.46 bits per heavy atom. The Kier molecular flexibility index (Phi) is 5.46. The predicted molar refractivity (Wildman–Crippen MR) is 54.5 cm³/mol. The van der Waals surface area contributed by atoms with Crippen molar-refractivity contribution < 1.29 is 4.79 Å². The molecule has 0 aliphatic carbocycles. The van der Waals surface area contributed by atoms with Crippen molar-refractivity contribution in [3.05, 3.63) is 0 Å². The fourth-order valence-corrected chi connectivity index (χ4v) is 1.08. The summed E-state index contributed by atoms with van der Waals surface area (Å²) in [5.41, 5.74) is 5.55. The third-order valence-electron chi connectivity index (χ3n) is 2.01. The second-order valence-electron chi connectivity index (χ2n) is 3.99. The average Bonchev–Trinajstić information content (AvgIpc) is 2.11. The first kappa shape index (κ1) is 12.2. The first-order valence-corrected chi connectivity index (χ1v) is 4.67. The van der Waals surface area contributed by atoms with Crippen molar-refractivity contribution in [2.45, 2.75) is 26.7 Å². The van der Waals surface area contributed by atoms with E-state index in [9.17, 15) is 4.79 Å². The molecule has 4 N–H and O–H groups in total. The zero-order valence-corrected chi connectivity index (χ0v) is 8.81. The molecular formula is C9H21N3O. The van der Waals surface area contributed by atoms with Crippen LogP contribution in [0, 0.1) is 5.41 Å². The maximum Gasteiger partial charge on any atom is 0.314 e. The minimum Gasteiger partial charge on any atom is -0.341 e. The molecule has 4 heteroatoms. The molecular weight excluding hydrogens is 166 g/mol. The van der Waals surface area contributed by atoms with E-state index in [0.29, 0.717) is 13.1 Å². The monoisotopic (exact) mass is 187 g/mol. The van der Waals surface area contributed by atoms with Crippen LogP contribution in [0.5, 0.6) is 0 Å². The van der Waals surface area contributed by atoms with E-state index in [0.717, 1.165) is 12.8 Å². The average molecular weight is 187 g/mol. The summed E-state index contributed by atoms with van der Waals surface area (Å²) in [7, 11) is 1.61. The van der Waals surface area contributed by atoms with Crippen molar-refractivity contribution in [1.29, 1.82) is 0 Å². The Morgan fingerprint density at radius 2 is 2.08 bits per heavy atom. The van der Waals surface area contributed by atoms with Crippen molar-refractivity contribution in [3.8, 4) is 0 Å². The zero-order valence-electron chi connectivity index (χ0n) is 8.81. The molecule has 4 nitrogen and oxygen atoms in total. The molecule has 2 amide bonds. The van der Waals surface area contributed by atoms with Gasteiger partial charge in [0, 0.05) is 13.6 Å². The molecule has 0 saturated carbocycles. The summed E-state index contributed by atoms with van der Waals surface area (Å²) >= 11 is 0. The molecule has 78 valence electrons. The second-order valence-corrected chi connectivity index (χ2v) is 3.99. The summed E-state index contributed by atoms with van der Waals surface area (Å²) in [6.45, 7) is 5.65. The maximum atomic E-state index is 10.9. The highest BCUT2D eigenvalue weighted by atomic mass is 16.2. The van der Waals surface area contributed by atoms with E-state index in [1.54, 1.807) is 7.05 Å². The number of rotatable bonds is 5. The third kappa shape index (κ3) is 6.40. The molecule has 0 aromatic carbocycles. The van der Waals surface area contributed by atoms with Gasteiger partial charge in [0.05, 0.1) is 0 Å². The molecule has 0 aromatic rings. The standard InChI is InChI=1S/C9H21N3O/c1-9(2,5-4-6-10)7-12-8(13)11-3/h4-7,10H2,1-3H3,(H2,11,12,13). The van der Waals surface area contributed by atoms with E-state index in [1.165, 1.54) is 0 Å². The summed E-state index contributed by atoms with van der Waals surface area (Å²) in [6.07, 6.45) is 2.04.